The first kappa shape index (κ1) is 26.1. The molecule has 0 bridgehead atoms. The van der Waals surface area contributed by atoms with Crippen LogP contribution in [0, 0.1) is 0 Å². The summed E-state index contributed by atoms with van der Waals surface area (Å²) < 4.78 is 16.8. The first-order chi connectivity index (χ1) is 17.9. The summed E-state index contributed by atoms with van der Waals surface area (Å²) in [6.45, 7) is 2.31. The molecule has 2 N–H and O–H groups in total. The number of aliphatic imine (C=N–C) groups is 1. The van der Waals surface area contributed by atoms with Crippen LogP contribution in [0.2, 0.25) is 5.02 Å². The van der Waals surface area contributed by atoms with E-state index in [-0.39, 0.29) is 18.1 Å². The highest BCUT2D eigenvalue weighted by atomic mass is 35.5. The molecule has 37 heavy (non-hydrogen) atoms. The number of nitrogens with zero attached hydrogens (tertiary/aromatic N) is 1. The molecule has 0 radical (unpaired) electrons. The van der Waals surface area contributed by atoms with Gasteiger partial charge in [-0.3, -0.25) is 4.79 Å². The summed E-state index contributed by atoms with van der Waals surface area (Å²) in [5.74, 6) is 0.169. The van der Waals surface area contributed by atoms with Crippen LogP contribution in [0.5, 0.6) is 17.2 Å². The van der Waals surface area contributed by atoms with E-state index in [0.29, 0.717) is 50.0 Å². The summed E-state index contributed by atoms with van der Waals surface area (Å²) >= 11 is 7.75. The van der Waals surface area contributed by atoms with Gasteiger partial charge in [-0.25, -0.2) is 9.79 Å². The quantitative estimate of drug-likeness (QED) is 0.326. The number of carboxylic acid groups (broad SMARTS) is 1. The maximum absolute atomic E-state index is 12.5. The van der Waals surface area contributed by atoms with Crippen molar-refractivity contribution in [2.45, 2.75) is 13.5 Å². The van der Waals surface area contributed by atoms with E-state index in [1.807, 2.05) is 6.92 Å². The Bertz CT molecular complexity index is 1390. The van der Waals surface area contributed by atoms with Gasteiger partial charge in [0.15, 0.2) is 16.7 Å². The van der Waals surface area contributed by atoms with Gasteiger partial charge in [0.05, 0.1) is 34.9 Å². The molecule has 0 saturated carbocycles. The normalized spacial score (nSPS) is 15.1. The van der Waals surface area contributed by atoms with E-state index in [1.54, 1.807) is 61.7 Å². The molecule has 1 saturated heterocycles. The van der Waals surface area contributed by atoms with Crippen LogP contribution in [0.1, 0.15) is 28.4 Å². The molecular formula is C27H23ClN2O6S. The van der Waals surface area contributed by atoms with Crippen molar-refractivity contribution in [3.05, 3.63) is 87.3 Å². The summed E-state index contributed by atoms with van der Waals surface area (Å²) in [6, 6.07) is 17.1. The van der Waals surface area contributed by atoms with Crippen LogP contribution in [-0.4, -0.2) is 35.9 Å². The third-order valence-electron chi connectivity index (χ3n) is 5.14. The minimum atomic E-state index is -1.02. The lowest BCUT2D eigenvalue weighted by atomic mass is 10.1. The lowest BCUT2D eigenvalue weighted by Crippen LogP contribution is -2.19. The van der Waals surface area contributed by atoms with Crippen LogP contribution >= 0.6 is 23.4 Å². The minimum absolute atomic E-state index is 0.102. The fourth-order valence-electron chi connectivity index (χ4n) is 3.43. The number of amidine groups is 1. The van der Waals surface area contributed by atoms with E-state index in [4.69, 9.17) is 25.8 Å². The number of nitrogens with one attached hydrogen (secondary N) is 1. The fraction of sp³-hybridized carbons (Fsp3) is 0.148. The number of carbonyl (C=O) groups excluding carboxylic acids is 1. The highest BCUT2D eigenvalue weighted by molar-refractivity contribution is 8.18. The molecule has 0 aromatic heterocycles. The van der Waals surface area contributed by atoms with Gasteiger partial charge in [-0.15, -0.1) is 0 Å². The molecule has 10 heteroatoms. The number of rotatable bonds is 9. The van der Waals surface area contributed by atoms with Gasteiger partial charge in [0, 0.05) is 0 Å². The van der Waals surface area contributed by atoms with Gasteiger partial charge in [0.1, 0.15) is 12.4 Å². The molecule has 1 aliphatic rings. The first-order valence-corrected chi connectivity index (χ1v) is 12.4. The van der Waals surface area contributed by atoms with Crippen molar-refractivity contribution in [2.75, 3.05) is 13.7 Å². The Hall–Kier alpha value is -3.95. The van der Waals surface area contributed by atoms with Gasteiger partial charge in [0.2, 0.25) is 0 Å². The second-order valence-electron chi connectivity index (χ2n) is 7.74. The number of carboxylic acids is 1. The maximum Gasteiger partial charge on any atom is 0.335 e. The van der Waals surface area contributed by atoms with Crippen molar-refractivity contribution in [2.24, 2.45) is 4.99 Å². The Morgan fingerprint density at radius 3 is 2.62 bits per heavy atom. The molecule has 3 aromatic rings. The van der Waals surface area contributed by atoms with Gasteiger partial charge >= 0.3 is 5.97 Å². The van der Waals surface area contributed by atoms with Gasteiger partial charge in [0.25, 0.3) is 5.91 Å². The SMILES string of the molecule is CCOc1cc(/C=C2/SC(=Nc3ccc(OC)cc3)NC2=O)cc(Cl)c1OCc1cccc(C(=O)O)c1. The molecule has 0 atom stereocenters. The maximum atomic E-state index is 12.5. The zero-order chi connectivity index (χ0) is 26.4. The Morgan fingerprint density at radius 2 is 1.92 bits per heavy atom. The molecule has 8 nitrogen and oxygen atoms in total. The summed E-state index contributed by atoms with van der Waals surface area (Å²) in [5, 5.41) is 12.7. The van der Waals surface area contributed by atoms with Crippen molar-refractivity contribution < 1.29 is 28.9 Å². The third-order valence-corrected chi connectivity index (χ3v) is 6.33. The number of amides is 1. The Labute approximate surface area is 222 Å². The topological polar surface area (TPSA) is 106 Å². The zero-order valence-corrected chi connectivity index (χ0v) is 21.6. The van der Waals surface area contributed by atoms with Crippen molar-refractivity contribution in [1.82, 2.24) is 5.32 Å². The number of methoxy groups -OCH3 is 1. The van der Waals surface area contributed by atoms with E-state index in [0.717, 1.165) is 5.75 Å². The number of benzene rings is 3. The molecule has 1 amide bonds. The molecule has 190 valence electrons. The molecule has 3 aromatic carbocycles. The Kier molecular flexibility index (Phi) is 8.37. The average Bonchev–Trinajstić information content (AvgIpc) is 3.22. The number of thioether (sulfide) groups is 1. The molecule has 1 aliphatic heterocycles. The monoisotopic (exact) mass is 538 g/mol. The molecule has 1 heterocycles. The predicted octanol–water partition coefficient (Wildman–Crippen LogP) is 5.92. The molecular weight excluding hydrogens is 516 g/mol. The van der Waals surface area contributed by atoms with Crippen molar-refractivity contribution >= 4 is 52.2 Å². The van der Waals surface area contributed by atoms with Gasteiger partial charge in [-0.05, 0) is 84.4 Å². The minimum Gasteiger partial charge on any atom is -0.497 e. The van der Waals surface area contributed by atoms with Gasteiger partial charge < -0.3 is 24.6 Å². The highest BCUT2D eigenvalue weighted by Crippen LogP contribution is 2.39. The van der Waals surface area contributed by atoms with E-state index in [2.05, 4.69) is 10.3 Å². The summed E-state index contributed by atoms with van der Waals surface area (Å²) in [4.78, 5) is 28.7. The second-order valence-corrected chi connectivity index (χ2v) is 9.17. The highest BCUT2D eigenvalue weighted by Gasteiger charge is 2.24. The number of halogens is 1. The van der Waals surface area contributed by atoms with Crippen molar-refractivity contribution in [3.63, 3.8) is 0 Å². The van der Waals surface area contributed by atoms with Crippen LogP contribution in [0.25, 0.3) is 6.08 Å². The van der Waals surface area contributed by atoms with E-state index in [9.17, 15) is 14.7 Å². The van der Waals surface area contributed by atoms with E-state index < -0.39 is 5.97 Å². The first-order valence-electron chi connectivity index (χ1n) is 11.2. The molecule has 4 rings (SSSR count). The number of ether oxygens (including phenoxy) is 3. The Morgan fingerprint density at radius 1 is 1.14 bits per heavy atom. The van der Waals surface area contributed by atoms with Crippen molar-refractivity contribution in [1.29, 1.82) is 0 Å². The third kappa shape index (κ3) is 6.63. The van der Waals surface area contributed by atoms with Crippen LogP contribution < -0.4 is 19.5 Å². The molecule has 0 aliphatic carbocycles. The smallest absolute Gasteiger partial charge is 0.335 e. The van der Waals surface area contributed by atoms with E-state index in [1.165, 1.54) is 23.9 Å². The zero-order valence-electron chi connectivity index (χ0n) is 20.0. The summed E-state index contributed by atoms with van der Waals surface area (Å²) in [6.07, 6.45) is 1.70. The largest absolute Gasteiger partial charge is 0.497 e. The van der Waals surface area contributed by atoms with Crippen LogP contribution in [-0.2, 0) is 11.4 Å². The van der Waals surface area contributed by atoms with Gasteiger partial charge in [-0.1, -0.05) is 23.7 Å². The molecule has 0 unspecified atom stereocenters. The van der Waals surface area contributed by atoms with Crippen LogP contribution in [0.15, 0.2) is 70.6 Å². The standard InChI is InChI=1S/C27H23ClN2O6S/c1-3-35-22-13-17(12-21(28)24(22)36-15-16-5-4-6-18(11-16)26(32)33)14-23-25(31)30-27(37-23)29-19-7-9-20(34-2)10-8-19/h4-14H,3,15H2,1-2H3,(H,32,33)(H,29,30,31)/b23-14+. The molecule has 1 fully saturated rings. The van der Waals surface area contributed by atoms with Crippen LogP contribution in [0.3, 0.4) is 0 Å². The van der Waals surface area contributed by atoms with Crippen molar-refractivity contribution in [3.8, 4) is 17.2 Å². The number of aromatic carboxylic acids is 1. The Balaban J connectivity index is 1.54. The fourth-order valence-corrected chi connectivity index (χ4v) is 4.55. The molecule has 0 spiro atoms. The average molecular weight is 539 g/mol. The second kappa shape index (κ2) is 11.9. The lowest BCUT2D eigenvalue weighted by molar-refractivity contribution is -0.115. The predicted molar refractivity (Wildman–Crippen MR) is 144 cm³/mol. The number of carbonyl (C=O) groups is 2. The summed E-state index contributed by atoms with van der Waals surface area (Å²) in [7, 11) is 1.59. The van der Waals surface area contributed by atoms with Crippen LogP contribution in [0.4, 0.5) is 5.69 Å². The summed E-state index contributed by atoms with van der Waals surface area (Å²) in [5.41, 5.74) is 2.17. The number of hydrogen-bond acceptors (Lipinski definition) is 7. The van der Waals surface area contributed by atoms with E-state index >= 15 is 0 Å². The van der Waals surface area contributed by atoms with Gasteiger partial charge in [-0.2, -0.15) is 0 Å². The number of hydrogen-bond donors (Lipinski definition) is 2. The lowest BCUT2D eigenvalue weighted by Gasteiger charge is -2.15.